The topological polar surface area (TPSA) is 35.5 Å². The molecule has 0 aliphatic carbocycles. The van der Waals surface area contributed by atoms with Gasteiger partial charge in [0, 0.05) is 36.2 Å². The number of benzene rings is 1. The number of rotatable bonds is 2. The van der Waals surface area contributed by atoms with Crippen LogP contribution in [0.25, 0.3) is 0 Å². The second kappa shape index (κ2) is 5.87. The largest absolute Gasteiger partial charge is 0.505 e. The molecule has 1 aliphatic heterocycles. The molecule has 0 radical (unpaired) electrons. The minimum absolute atomic E-state index is 0.0391. The van der Waals surface area contributed by atoms with Crippen LogP contribution in [0, 0.1) is 5.82 Å². The third kappa shape index (κ3) is 3.07. The van der Waals surface area contributed by atoms with Crippen molar-refractivity contribution in [3.8, 4) is 5.75 Å². The first kappa shape index (κ1) is 15.5. The Morgan fingerprint density at radius 3 is 2.40 bits per heavy atom. The number of hydrogen-bond acceptors (Lipinski definition) is 3. The van der Waals surface area contributed by atoms with Gasteiger partial charge in [-0.1, -0.05) is 15.9 Å². The average Bonchev–Trinajstić information content (AvgIpc) is 2.39. The maximum atomic E-state index is 13.4. The fraction of sp³-hybridized carbons (Fsp3) is 0.500. The van der Waals surface area contributed by atoms with Crippen LogP contribution in [0.5, 0.6) is 5.75 Å². The van der Waals surface area contributed by atoms with E-state index in [4.69, 9.17) is 0 Å². The summed E-state index contributed by atoms with van der Waals surface area (Å²) in [6.45, 7) is 1.18. The lowest BCUT2D eigenvalue weighted by atomic mass is 10.0. The molecule has 1 aromatic rings. The SMILES string of the molecule is Oc1c(F)ccc(Br)c1[C@@H](N1CCNCC1)C(F)(F)F. The summed E-state index contributed by atoms with van der Waals surface area (Å²) in [5, 5.41) is 12.7. The molecular formula is C12H13BrF4N2O. The van der Waals surface area contributed by atoms with Crippen molar-refractivity contribution in [3.63, 3.8) is 0 Å². The Morgan fingerprint density at radius 1 is 1.25 bits per heavy atom. The first-order chi connectivity index (χ1) is 9.32. The highest BCUT2D eigenvalue weighted by molar-refractivity contribution is 9.10. The van der Waals surface area contributed by atoms with E-state index in [9.17, 15) is 22.7 Å². The molecule has 0 amide bonds. The van der Waals surface area contributed by atoms with Crippen LogP contribution in [-0.4, -0.2) is 42.4 Å². The minimum Gasteiger partial charge on any atom is -0.505 e. The summed E-state index contributed by atoms with van der Waals surface area (Å²) in [7, 11) is 0. The highest BCUT2D eigenvalue weighted by Gasteiger charge is 2.47. The number of alkyl halides is 3. The zero-order chi connectivity index (χ0) is 14.9. The number of hydrogen-bond donors (Lipinski definition) is 2. The van der Waals surface area contributed by atoms with Crippen LogP contribution < -0.4 is 5.32 Å². The number of nitrogens with zero attached hydrogens (tertiary/aromatic N) is 1. The normalized spacial score (nSPS) is 19.1. The van der Waals surface area contributed by atoms with Gasteiger partial charge in [0.15, 0.2) is 11.6 Å². The predicted molar refractivity (Wildman–Crippen MR) is 69.0 cm³/mol. The molecular weight excluding hydrogens is 344 g/mol. The van der Waals surface area contributed by atoms with Gasteiger partial charge >= 0.3 is 6.18 Å². The number of piperazine rings is 1. The predicted octanol–water partition coefficient (Wildman–Crippen LogP) is 2.80. The van der Waals surface area contributed by atoms with E-state index in [1.807, 2.05) is 0 Å². The van der Waals surface area contributed by atoms with Crippen LogP contribution >= 0.6 is 15.9 Å². The zero-order valence-electron chi connectivity index (χ0n) is 10.3. The molecule has 0 spiro atoms. The third-order valence-electron chi connectivity index (χ3n) is 3.21. The maximum absolute atomic E-state index is 13.4. The Kier molecular flexibility index (Phi) is 4.55. The van der Waals surface area contributed by atoms with Crippen LogP contribution in [0.3, 0.4) is 0 Å². The Balaban J connectivity index is 2.49. The van der Waals surface area contributed by atoms with E-state index < -0.39 is 29.3 Å². The van der Waals surface area contributed by atoms with Crippen LogP contribution in [0.15, 0.2) is 16.6 Å². The molecule has 1 fully saturated rings. The maximum Gasteiger partial charge on any atom is 0.408 e. The zero-order valence-corrected chi connectivity index (χ0v) is 11.9. The first-order valence-electron chi connectivity index (χ1n) is 6.00. The number of nitrogens with one attached hydrogen (secondary N) is 1. The second-order valence-corrected chi connectivity index (χ2v) is 5.38. The molecule has 20 heavy (non-hydrogen) atoms. The summed E-state index contributed by atoms with van der Waals surface area (Å²) >= 11 is 2.97. The van der Waals surface area contributed by atoms with Gasteiger partial charge in [-0.3, -0.25) is 4.90 Å². The van der Waals surface area contributed by atoms with E-state index in [1.54, 1.807) is 0 Å². The average molecular weight is 357 g/mol. The lowest BCUT2D eigenvalue weighted by Gasteiger charge is -2.36. The van der Waals surface area contributed by atoms with Crippen LogP contribution in [-0.2, 0) is 0 Å². The molecule has 0 saturated carbocycles. The van der Waals surface area contributed by atoms with E-state index in [-0.39, 0.29) is 17.6 Å². The highest BCUT2D eigenvalue weighted by atomic mass is 79.9. The lowest BCUT2D eigenvalue weighted by Crippen LogP contribution is -2.49. The van der Waals surface area contributed by atoms with Gasteiger partial charge in [0.1, 0.15) is 6.04 Å². The molecule has 2 N–H and O–H groups in total. The number of aromatic hydroxyl groups is 1. The minimum atomic E-state index is -4.61. The molecule has 0 unspecified atom stereocenters. The molecule has 2 rings (SSSR count). The molecule has 1 atom stereocenters. The summed E-state index contributed by atoms with van der Waals surface area (Å²) in [6.07, 6.45) is -4.61. The molecule has 1 aliphatic rings. The molecule has 3 nitrogen and oxygen atoms in total. The Hall–Kier alpha value is -0.860. The summed E-state index contributed by atoms with van der Waals surface area (Å²) in [5.41, 5.74) is -0.473. The van der Waals surface area contributed by atoms with Crippen molar-refractivity contribution in [2.45, 2.75) is 12.2 Å². The number of phenolic OH excluding ortho intramolecular Hbond substituents is 1. The second-order valence-electron chi connectivity index (χ2n) is 4.52. The summed E-state index contributed by atoms with van der Waals surface area (Å²) < 4.78 is 53.5. The van der Waals surface area contributed by atoms with Crippen molar-refractivity contribution in [3.05, 3.63) is 28.0 Å². The van der Waals surface area contributed by atoms with Crippen molar-refractivity contribution in [2.24, 2.45) is 0 Å². The van der Waals surface area contributed by atoms with E-state index in [0.717, 1.165) is 6.07 Å². The van der Waals surface area contributed by atoms with E-state index in [2.05, 4.69) is 21.2 Å². The number of phenols is 1. The van der Waals surface area contributed by atoms with Crippen molar-refractivity contribution >= 4 is 15.9 Å². The molecule has 1 aromatic carbocycles. The molecule has 0 aromatic heterocycles. The third-order valence-corrected chi connectivity index (χ3v) is 3.91. The standard InChI is InChI=1S/C12H13BrF4N2O/c13-7-1-2-8(14)10(20)9(7)11(12(15,16)17)19-5-3-18-4-6-19/h1-2,11,18,20H,3-6H2/t11-/m1/s1. The lowest BCUT2D eigenvalue weighted by molar-refractivity contribution is -0.188. The van der Waals surface area contributed by atoms with Crippen molar-refractivity contribution in [1.82, 2.24) is 10.2 Å². The number of halogens is 5. The van der Waals surface area contributed by atoms with E-state index >= 15 is 0 Å². The fourth-order valence-electron chi connectivity index (χ4n) is 2.31. The molecule has 0 bridgehead atoms. The quantitative estimate of drug-likeness (QED) is 0.800. The smallest absolute Gasteiger partial charge is 0.408 e. The fourth-order valence-corrected chi connectivity index (χ4v) is 2.85. The summed E-state index contributed by atoms with van der Waals surface area (Å²) in [5.74, 6) is -2.02. The molecule has 8 heteroatoms. The Bertz CT molecular complexity index is 489. The van der Waals surface area contributed by atoms with Crippen molar-refractivity contribution in [2.75, 3.05) is 26.2 Å². The summed E-state index contributed by atoms with van der Waals surface area (Å²) in [6, 6.07) is 0.0640. The van der Waals surface area contributed by atoms with E-state index in [1.165, 1.54) is 11.0 Å². The van der Waals surface area contributed by atoms with Crippen molar-refractivity contribution in [1.29, 1.82) is 0 Å². The van der Waals surface area contributed by atoms with E-state index in [0.29, 0.717) is 13.1 Å². The van der Waals surface area contributed by atoms with Gasteiger partial charge < -0.3 is 10.4 Å². The van der Waals surface area contributed by atoms with Crippen LogP contribution in [0.4, 0.5) is 17.6 Å². The van der Waals surface area contributed by atoms with Gasteiger partial charge in [-0.05, 0) is 12.1 Å². The summed E-state index contributed by atoms with van der Waals surface area (Å²) in [4.78, 5) is 1.19. The van der Waals surface area contributed by atoms with Gasteiger partial charge in [0.25, 0.3) is 0 Å². The van der Waals surface area contributed by atoms with Crippen molar-refractivity contribution < 1.29 is 22.7 Å². The highest BCUT2D eigenvalue weighted by Crippen LogP contribution is 2.45. The molecule has 112 valence electrons. The molecule has 1 saturated heterocycles. The monoisotopic (exact) mass is 356 g/mol. The Labute approximate surface area is 121 Å². The van der Waals surface area contributed by atoms with Gasteiger partial charge in [-0.25, -0.2) is 4.39 Å². The Morgan fingerprint density at radius 2 is 1.85 bits per heavy atom. The van der Waals surface area contributed by atoms with Gasteiger partial charge in [-0.15, -0.1) is 0 Å². The first-order valence-corrected chi connectivity index (χ1v) is 6.80. The molecule has 1 heterocycles. The van der Waals surface area contributed by atoms with Gasteiger partial charge in [0.2, 0.25) is 0 Å². The van der Waals surface area contributed by atoms with Crippen LogP contribution in [0.1, 0.15) is 11.6 Å². The van der Waals surface area contributed by atoms with Gasteiger partial charge in [-0.2, -0.15) is 13.2 Å². The van der Waals surface area contributed by atoms with Crippen LogP contribution in [0.2, 0.25) is 0 Å². The van der Waals surface area contributed by atoms with Gasteiger partial charge in [0.05, 0.1) is 0 Å².